The summed E-state index contributed by atoms with van der Waals surface area (Å²) in [6, 6.07) is 68.6. The monoisotopic (exact) mass is 660 g/mol. The molecule has 0 radical (unpaired) electrons. The van der Waals surface area contributed by atoms with Crippen LogP contribution in [-0.4, -0.2) is 0 Å². The molecule has 1 nitrogen and oxygen atoms in total. The van der Waals surface area contributed by atoms with Gasteiger partial charge in [0, 0.05) is 27.8 Å². The average molecular weight is 661 g/mol. The van der Waals surface area contributed by atoms with Crippen molar-refractivity contribution in [1.29, 1.82) is 0 Å². The Morgan fingerprint density at radius 3 is 1.13 bits per heavy atom. The van der Waals surface area contributed by atoms with Gasteiger partial charge in [0.15, 0.2) is 0 Å². The molecule has 10 aromatic rings. The van der Waals surface area contributed by atoms with Crippen molar-refractivity contribution in [2.75, 3.05) is 0 Å². The fourth-order valence-electron chi connectivity index (χ4n) is 8.75. The topological polar surface area (TPSA) is 9.23 Å². The lowest BCUT2D eigenvalue weighted by Crippen LogP contribution is -2.14. The number of hydrogen-bond donors (Lipinski definition) is 0. The molecule has 0 atom stereocenters. The fourth-order valence-corrected chi connectivity index (χ4v) is 8.75. The van der Waals surface area contributed by atoms with Gasteiger partial charge in [-0.1, -0.05) is 176 Å². The number of hydrogen-bond acceptors (Lipinski definition) is 1. The van der Waals surface area contributed by atoms with Crippen LogP contribution in [0.15, 0.2) is 188 Å². The van der Waals surface area contributed by atoms with Gasteiger partial charge in [-0.3, -0.25) is 0 Å². The Balaban J connectivity index is 1.12. The van der Waals surface area contributed by atoms with E-state index in [0.29, 0.717) is 0 Å². The van der Waals surface area contributed by atoms with Gasteiger partial charge >= 0.3 is 0 Å². The van der Waals surface area contributed by atoms with Crippen molar-refractivity contribution in [2.45, 2.75) is 5.92 Å². The van der Waals surface area contributed by atoms with Crippen LogP contribution in [0.4, 0.5) is 0 Å². The molecule has 242 valence electrons. The van der Waals surface area contributed by atoms with Crippen LogP contribution in [0.25, 0.3) is 76.1 Å². The summed E-state index contributed by atoms with van der Waals surface area (Å²) in [6.45, 7) is 0. The van der Waals surface area contributed by atoms with Crippen molar-refractivity contribution >= 4 is 53.9 Å². The van der Waals surface area contributed by atoms with Crippen LogP contribution in [0.3, 0.4) is 0 Å². The maximum Gasteiger partial charge on any atom is 0.140 e. The highest BCUT2D eigenvalue weighted by molar-refractivity contribution is 6.17. The van der Waals surface area contributed by atoms with Crippen LogP contribution in [0.2, 0.25) is 0 Å². The Morgan fingerprint density at radius 2 is 0.654 bits per heavy atom. The second-order valence-electron chi connectivity index (χ2n) is 14.0. The lowest BCUT2D eigenvalue weighted by Gasteiger charge is -2.33. The molecule has 52 heavy (non-hydrogen) atoms. The van der Waals surface area contributed by atoms with Gasteiger partial charge in [0.25, 0.3) is 0 Å². The molecule has 0 unspecified atom stereocenters. The highest BCUT2D eigenvalue weighted by atomic mass is 16.5. The Hall–Kier alpha value is -6.70. The van der Waals surface area contributed by atoms with Crippen LogP contribution in [-0.2, 0) is 0 Å². The standard InChI is InChI=1S/C51H32O/c1-2-12-32(13-3-1)35-26-28-38-31-36(27-29-37(38)30-35)33-22-24-34(25-23-33)47-48-43-18-8-4-14-39(43)41-16-6-10-20-45(41)50(48)52-51-46-21-11-7-17-42(46)40-15-5-9-19-44(40)49(47)51/h1-31,47H. The van der Waals surface area contributed by atoms with E-state index in [9.17, 15) is 0 Å². The fraction of sp³-hybridized carbons (Fsp3) is 0.0196. The first kappa shape index (κ1) is 29.1. The molecule has 0 bridgehead atoms. The van der Waals surface area contributed by atoms with E-state index < -0.39 is 0 Å². The third-order valence-corrected chi connectivity index (χ3v) is 11.2. The van der Waals surface area contributed by atoms with Gasteiger partial charge in [0.05, 0.1) is 0 Å². The molecule has 0 spiro atoms. The largest absolute Gasteiger partial charge is 0.455 e. The molecule has 1 heteroatoms. The summed E-state index contributed by atoms with van der Waals surface area (Å²) in [5.74, 6) is 1.88. The van der Waals surface area contributed by atoms with Crippen LogP contribution in [0, 0.1) is 0 Å². The molecule has 0 aromatic heterocycles. The van der Waals surface area contributed by atoms with Gasteiger partial charge in [0.1, 0.15) is 11.5 Å². The summed E-state index contributed by atoms with van der Waals surface area (Å²) in [7, 11) is 0. The van der Waals surface area contributed by atoms with E-state index in [-0.39, 0.29) is 5.92 Å². The summed E-state index contributed by atoms with van der Waals surface area (Å²) in [4.78, 5) is 0. The molecular formula is C51H32O. The zero-order chi connectivity index (χ0) is 34.2. The molecule has 0 saturated carbocycles. The zero-order valence-corrected chi connectivity index (χ0v) is 28.4. The van der Waals surface area contributed by atoms with Crippen LogP contribution < -0.4 is 4.74 Å². The molecule has 0 amide bonds. The van der Waals surface area contributed by atoms with E-state index in [4.69, 9.17) is 4.74 Å². The van der Waals surface area contributed by atoms with E-state index in [1.165, 1.54) is 82.0 Å². The summed E-state index contributed by atoms with van der Waals surface area (Å²) in [6.07, 6.45) is 0. The van der Waals surface area contributed by atoms with Crippen molar-refractivity contribution in [3.63, 3.8) is 0 Å². The van der Waals surface area contributed by atoms with Crippen LogP contribution in [0.5, 0.6) is 11.5 Å². The third-order valence-electron chi connectivity index (χ3n) is 11.2. The van der Waals surface area contributed by atoms with Crippen molar-refractivity contribution in [3.8, 4) is 33.8 Å². The van der Waals surface area contributed by atoms with E-state index in [1.54, 1.807) is 0 Å². The highest BCUT2D eigenvalue weighted by Crippen LogP contribution is 2.57. The van der Waals surface area contributed by atoms with Gasteiger partial charge in [-0.25, -0.2) is 0 Å². The number of ether oxygens (including phenoxy) is 1. The average Bonchev–Trinajstić information content (AvgIpc) is 3.23. The maximum absolute atomic E-state index is 7.24. The minimum atomic E-state index is -0.0372. The Kier molecular flexibility index (Phi) is 6.38. The van der Waals surface area contributed by atoms with E-state index in [2.05, 4.69) is 188 Å². The quantitative estimate of drug-likeness (QED) is 0.171. The molecule has 11 rings (SSSR count). The predicted octanol–water partition coefficient (Wildman–Crippen LogP) is 14.1. The highest BCUT2D eigenvalue weighted by Gasteiger charge is 2.35. The summed E-state index contributed by atoms with van der Waals surface area (Å²) < 4.78 is 7.24. The Morgan fingerprint density at radius 1 is 0.288 bits per heavy atom. The lowest BCUT2D eigenvalue weighted by molar-refractivity contribution is 0.467. The molecule has 0 aliphatic carbocycles. The maximum atomic E-state index is 7.24. The first-order valence-electron chi connectivity index (χ1n) is 18.0. The molecule has 0 N–H and O–H groups in total. The molecule has 0 fully saturated rings. The molecule has 0 saturated heterocycles. The molecule has 10 aromatic carbocycles. The summed E-state index contributed by atoms with van der Waals surface area (Å²) >= 11 is 0. The van der Waals surface area contributed by atoms with E-state index in [1.807, 2.05) is 0 Å². The first-order valence-corrected chi connectivity index (χ1v) is 18.0. The normalized spacial score (nSPS) is 12.7. The van der Waals surface area contributed by atoms with Crippen molar-refractivity contribution < 1.29 is 4.74 Å². The van der Waals surface area contributed by atoms with Gasteiger partial charge in [-0.2, -0.15) is 0 Å². The SMILES string of the molecule is c1ccc(-c2ccc3cc(-c4ccc(C5c6c(c7ccccc7c7ccccc67)Oc6c5c5ccccc5c5ccccc65)cc4)ccc3c2)cc1. The Labute approximate surface area is 302 Å². The Bertz CT molecular complexity index is 2900. The van der Waals surface area contributed by atoms with Crippen LogP contribution in [0.1, 0.15) is 22.6 Å². The van der Waals surface area contributed by atoms with Gasteiger partial charge in [0.2, 0.25) is 0 Å². The van der Waals surface area contributed by atoms with E-state index in [0.717, 1.165) is 22.3 Å². The zero-order valence-electron chi connectivity index (χ0n) is 28.4. The third kappa shape index (κ3) is 4.36. The lowest BCUT2D eigenvalue weighted by atomic mass is 9.76. The van der Waals surface area contributed by atoms with Gasteiger partial charge in [-0.15, -0.1) is 0 Å². The number of benzene rings is 10. The van der Waals surface area contributed by atoms with Crippen molar-refractivity contribution in [3.05, 3.63) is 205 Å². The molecule has 1 aliphatic rings. The second-order valence-corrected chi connectivity index (χ2v) is 14.0. The predicted molar refractivity (Wildman–Crippen MR) is 219 cm³/mol. The summed E-state index contributed by atoms with van der Waals surface area (Å²) in [5, 5.41) is 12.2. The number of rotatable bonds is 3. The van der Waals surface area contributed by atoms with E-state index >= 15 is 0 Å². The van der Waals surface area contributed by atoms with Crippen LogP contribution >= 0.6 is 0 Å². The van der Waals surface area contributed by atoms with Crippen molar-refractivity contribution in [1.82, 2.24) is 0 Å². The van der Waals surface area contributed by atoms with Crippen molar-refractivity contribution in [2.24, 2.45) is 0 Å². The first-order chi connectivity index (χ1) is 25.8. The minimum Gasteiger partial charge on any atom is -0.455 e. The summed E-state index contributed by atoms with van der Waals surface area (Å²) in [5.41, 5.74) is 8.61. The van der Waals surface area contributed by atoms with Gasteiger partial charge < -0.3 is 4.74 Å². The molecule has 1 aliphatic heterocycles. The molecule has 1 heterocycles. The smallest absolute Gasteiger partial charge is 0.140 e. The molecular weight excluding hydrogens is 629 g/mol. The minimum absolute atomic E-state index is 0.0372. The number of fused-ring (bicyclic) bond motifs is 13. The van der Waals surface area contributed by atoms with Gasteiger partial charge in [-0.05, 0) is 83.0 Å². The second kappa shape index (κ2) is 11.4.